The first-order chi connectivity index (χ1) is 9.22. The van der Waals surface area contributed by atoms with E-state index in [0.29, 0.717) is 11.4 Å². The second-order valence-electron chi connectivity index (χ2n) is 3.82. The molecule has 0 bridgehead atoms. The Morgan fingerprint density at radius 2 is 2.32 bits per heavy atom. The van der Waals surface area contributed by atoms with Crippen LogP contribution in [0.25, 0.3) is 0 Å². The van der Waals surface area contributed by atoms with Crippen LogP contribution in [0, 0.1) is 18.8 Å². The topological polar surface area (TPSA) is 81.2 Å². The number of amides is 1. The number of rotatable bonds is 2. The normalized spacial score (nSPS) is 9.58. The van der Waals surface area contributed by atoms with Crippen molar-refractivity contribution in [2.75, 3.05) is 11.9 Å². The molecule has 1 aromatic carbocycles. The van der Waals surface area contributed by atoms with Gasteiger partial charge in [0.05, 0.1) is 6.54 Å². The fourth-order valence-electron chi connectivity index (χ4n) is 1.62. The van der Waals surface area contributed by atoms with E-state index in [1.807, 2.05) is 13.0 Å². The molecule has 5 nitrogen and oxygen atoms in total. The number of nitrogens with one attached hydrogen (secondary N) is 1. The first kappa shape index (κ1) is 12.9. The summed E-state index contributed by atoms with van der Waals surface area (Å²) in [4.78, 5) is 12.1. The molecule has 0 saturated heterocycles. The molecule has 0 unspecified atom stereocenters. The van der Waals surface area contributed by atoms with Gasteiger partial charge in [0.1, 0.15) is 6.26 Å². The predicted molar refractivity (Wildman–Crippen MR) is 71.6 cm³/mol. The van der Waals surface area contributed by atoms with Crippen molar-refractivity contribution in [3.63, 3.8) is 0 Å². The first-order valence-corrected chi connectivity index (χ1v) is 5.72. The molecule has 96 valence electrons. The molecule has 3 N–H and O–H groups in total. The molecule has 0 aliphatic heterocycles. The van der Waals surface area contributed by atoms with Crippen molar-refractivity contribution >= 4 is 11.7 Å². The van der Waals surface area contributed by atoms with Gasteiger partial charge in [-0.25, -0.2) is 0 Å². The Hall–Kier alpha value is -2.58. The van der Waals surface area contributed by atoms with Crippen molar-refractivity contribution < 1.29 is 9.32 Å². The number of carbonyl (C=O) groups excluding carboxylic acids is 1. The fraction of sp³-hybridized carbons (Fsp3) is 0.143. The van der Waals surface area contributed by atoms with Gasteiger partial charge in [0.2, 0.25) is 0 Å². The molecule has 2 rings (SSSR count). The van der Waals surface area contributed by atoms with Crippen LogP contribution in [0.15, 0.2) is 35.1 Å². The van der Waals surface area contributed by atoms with E-state index in [1.54, 1.807) is 18.2 Å². The summed E-state index contributed by atoms with van der Waals surface area (Å²) in [6.07, 6.45) is 1.39. The van der Waals surface area contributed by atoms with E-state index in [-0.39, 0.29) is 12.5 Å². The molecule has 1 aromatic heterocycles. The molecule has 0 saturated carbocycles. The van der Waals surface area contributed by atoms with E-state index in [2.05, 4.69) is 26.8 Å². The summed E-state index contributed by atoms with van der Waals surface area (Å²) >= 11 is 0. The maximum absolute atomic E-state index is 12.1. The van der Waals surface area contributed by atoms with Gasteiger partial charge in [0.15, 0.2) is 5.82 Å². The van der Waals surface area contributed by atoms with Crippen LogP contribution in [-0.2, 0) is 0 Å². The molecule has 0 radical (unpaired) electrons. The highest BCUT2D eigenvalue weighted by Gasteiger charge is 2.12. The second-order valence-corrected chi connectivity index (χ2v) is 3.82. The quantitative estimate of drug-likeness (QED) is 0.798. The number of nitrogens with two attached hydrogens (primary N) is 1. The van der Waals surface area contributed by atoms with Gasteiger partial charge in [-0.3, -0.25) is 4.79 Å². The second kappa shape index (κ2) is 5.85. The average molecular weight is 255 g/mol. The summed E-state index contributed by atoms with van der Waals surface area (Å²) < 4.78 is 4.66. The molecule has 1 heterocycles. The summed E-state index contributed by atoms with van der Waals surface area (Å²) in [6.45, 7) is 2.13. The lowest BCUT2D eigenvalue weighted by atomic mass is 10.0. The zero-order chi connectivity index (χ0) is 13.7. The smallest absolute Gasteiger partial charge is 0.257 e. The summed E-state index contributed by atoms with van der Waals surface area (Å²) in [7, 11) is 0. The molecule has 0 aliphatic rings. The van der Waals surface area contributed by atoms with Crippen LogP contribution < -0.4 is 11.1 Å². The van der Waals surface area contributed by atoms with Crippen LogP contribution >= 0.6 is 0 Å². The van der Waals surface area contributed by atoms with Gasteiger partial charge in [0, 0.05) is 17.2 Å². The minimum absolute atomic E-state index is 0.247. The number of carbonyl (C=O) groups is 1. The molecule has 0 spiro atoms. The number of anilines is 1. The van der Waals surface area contributed by atoms with Gasteiger partial charge >= 0.3 is 0 Å². The standard InChI is InChI=1S/C14H13N3O2/c1-10-11(5-3-8-15)4-2-6-12(10)14(18)16-13-7-9-19-17-13/h2,4,6-7,9H,8,15H2,1H3,(H,16,17,18). The minimum Gasteiger partial charge on any atom is -0.363 e. The maximum atomic E-state index is 12.1. The SMILES string of the molecule is Cc1c(C#CCN)cccc1C(=O)Nc1ccon1. The largest absolute Gasteiger partial charge is 0.363 e. The molecular formula is C14H13N3O2. The molecule has 0 atom stereocenters. The Morgan fingerprint density at radius 1 is 1.47 bits per heavy atom. The predicted octanol–water partition coefficient (Wildman–Crippen LogP) is 1.55. The van der Waals surface area contributed by atoms with Gasteiger partial charge in [-0.15, -0.1) is 0 Å². The van der Waals surface area contributed by atoms with Crippen molar-refractivity contribution in [1.29, 1.82) is 0 Å². The van der Waals surface area contributed by atoms with E-state index in [9.17, 15) is 4.79 Å². The Balaban J connectivity index is 2.27. The van der Waals surface area contributed by atoms with E-state index in [4.69, 9.17) is 5.73 Å². The number of benzene rings is 1. The number of hydrogen-bond acceptors (Lipinski definition) is 4. The summed E-state index contributed by atoms with van der Waals surface area (Å²) in [6, 6.07) is 6.94. The van der Waals surface area contributed by atoms with Crippen molar-refractivity contribution in [3.05, 3.63) is 47.2 Å². The molecule has 0 aliphatic carbocycles. The lowest BCUT2D eigenvalue weighted by Crippen LogP contribution is -2.14. The Bertz CT molecular complexity index is 636. The van der Waals surface area contributed by atoms with E-state index in [1.165, 1.54) is 6.26 Å². The molecule has 5 heteroatoms. The number of aromatic nitrogens is 1. The van der Waals surface area contributed by atoms with Gasteiger partial charge in [-0.05, 0) is 24.6 Å². The molecule has 2 aromatic rings. The van der Waals surface area contributed by atoms with Gasteiger partial charge in [0.25, 0.3) is 5.91 Å². The Labute approximate surface area is 110 Å². The van der Waals surface area contributed by atoms with Crippen LogP contribution in [0.3, 0.4) is 0 Å². The lowest BCUT2D eigenvalue weighted by molar-refractivity contribution is 0.102. The van der Waals surface area contributed by atoms with Crippen molar-refractivity contribution in [3.8, 4) is 11.8 Å². The van der Waals surface area contributed by atoms with E-state index in [0.717, 1.165) is 11.1 Å². The Morgan fingerprint density at radius 3 is 3.00 bits per heavy atom. The van der Waals surface area contributed by atoms with E-state index >= 15 is 0 Å². The number of hydrogen-bond donors (Lipinski definition) is 2. The summed E-state index contributed by atoms with van der Waals surface area (Å²) in [5.74, 6) is 5.84. The zero-order valence-corrected chi connectivity index (χ0v) is 10.4. The fourth-order valence-corrected chi connectivity index (χ4v) is 1.62. The molecule has 19 heavy (non-hydrogen) atoms. The molecule has 0 fully saturated rings. The van der Waals surface area contributed by atoms with Gasteiger partial charge in [-0.1, -0.05) is 23.1 Å². The highest BCUT2D eigenvalue weighted by atomic mass is 16.5. The van der Waals surface area contributed by atoms with Gasteiger partial charge < -0.3 is 15.6 Å². The highest BCUT2D eigenvalue weighted by molar-refractivity contribution is 6.05. The minimum atomic E-state index is -0.247. The zero-order valence-electron chi connectivity index (χ0n) is 10.4. The van der Waals surface area contributed by atoms with Crippen molar-refractivity contribution in [2.24, 2.45) is 5.73 Å². The lowest BCUT2D eigenvalue weighted by Gasteiger charge is -2.06. The summed E-state index contributed by atoms with van der Waals surface area (Å²) in [5.41, 5.74) is 7.49. The molecular weight excluding hydrogens is 242 g/mol. The van der Waals surface area contributed by atoms with Crippen molar-refractivity contribution in [2.45, 2.75) is 6.92 Å². The molecule has 1 amide bonds. The number of nitrogens with zero attached hydrogens (tertiary/aromatic N) is 1. The van der Waals surface area contributed by atoms with E-state index < -0.39 is 0 Å². The summed E-state index contributed by atoms with van der Waals surface area (Å²) in [5, 5.41) is 6.28. The third-order valence-corrected chi connectivity index (χ3v) is 2.58. The third kappa shape index (κ3) is 3.00. The van der Waals surface area contributed by atoms with Crippen LogP contribution in [0.2, 0.25) is 0 Å². The van der Waals surface area contributed by atoms with Crippen molar-refractivity contribution in [1.82, 2.24) is 5.16 Å². The van der Waals surface area contributed by atoms with Gasteiger partial charge in [-0.2, -0.15) is 0 Å². The van der Waals surface area contributed by atoms with Crippen LogP contribution in [0.1, 0.15) is 21.5 Å². The third-order valence-electron chi connectivity index (χ3n) is 2.58. The monoisotopic (exact) mass is 255 g/mol. The maximum Gasteiger partial charge on any atom is 0.257 e. The van der Waals surface area contributed by atoms with Crippen LogP contribution in [0.4, 0.5) is 5.82 Å². The van der Waals surface area contributed by atoms with Crippen LogP contribution in [0.5, 0.6) is 0 Å². The first-order valence-electron chi connectivity index (χ1n) is 5.72. The average Bonchev–Trinajstić information content (AvgIpc) is 2.90. The Kier molecular flexibility index (Phi) is 3.96. The van der Waals surface area contributed by atoms with Crippen LogP contribution in [-0.4, -0.2) is 17.6 Å². The highest BCUT2D eigenvalue weighted by Crippen LogP contribution is 2.14.